The van der Waals surface area contributed by atoms with Crippen molar-refractivity contribution >= 4 is 23.0 Å². The fourth-order valence-corrected chi connectivity index (χ4v) is 2.32. The predicted molar refractivity (Wildman–Crippen MR) is 86.1 cm³/mol. The lowest BCUT2D eigenvalue weighted by molar-refractivity contribution is -0.384. The number of rotatable bonds is 6. The predicted octanol–water partition coefficient (Wildman–Crippen LogP) is 4.85. The topological polar surface area (TPSA) is 55.2 Å². The summed E-state index contributed by atoms with van der Waals surface area (Å²) in [5, 5.41) is 14.4. The Labute approximate surface area is 128 Å². The van der Waals surface area contributed by atoms with Gasteiger partial charge in [-0.1, -0.05) is 48.9 Å². The van der Waals surface area contributed by atoms with E-state index in [1.54, 1.807) is 6.07 Å². The van der Waals surface area contributed by atoms with Crippen LogP contribution in [-0.4, -0.2) is 11.5 Å². The Morgan fingerprint density at radius 2 is 1.95 bits per heavy atom. The summed E-state index contributed by atoms with van der Waals surface area (Å²) in [4.78, 5) is 10.3. The van der Waals surface area contributed by atoms with Crippen molar-refractivity contribution < 1.29 is 4.92 Å². The monoisotopic (exact) mass is 304 g/mol. The van der Waals surface area contributed by atoms with Gasteiger partial charge in [0.1, 0.15) is 0 Å². The maximum Gasteiger partial charge on any atom is 0.271 e. The van der Waals surface area contributed by atoms with Gasteiger partial charge in [-0.3, -0.25) is 10.1 Å². The third-order valence-electron chi connectivity index (χ3n) is 3.42. The number of nitrogens with zero attached hydrogens (tertiary/aromatic N) is 1. The lowest BCUT2D eigenvalue weighted by Crippen LogP contribution is -2.06. The molecule has 0 aromatic heterocycles. The smallest absolute Gasteiger partial charge is 0.271 e. The highest BCUT2D eigenvalue weighted by molar-refractivity contribution is 6.33. The summed E-state index contributed by atoms with van der Waals surface area (Å²) in [7, 11) is 0. The standard InChI is InChI=1S/C16H17ClN2O2/c1-12(13-5-3-2-4-6-13)9-10-18-16-11-14(19(20)21)7-8-15(16)17/h2-8,11-12,18H,9-10H2,1H3. The average Bonchev–Trinajstić information content (AvgIpc) is 2.49. The van der Waals surface area contributed by atoms with Crippen molar-refractivity contribution in [3.8, 4) is 0 Å². The minimum Gasteiger partial charge on any atom is -0.384 e. The van der Waals surface area contributed by atoms with E-state index in [1.165, 1.54) is 17.7 Å². The molecule has 0 spiro atoms. The number of benzene rings is 2. The van der Waals surface area contributed by atoms with Crippen LogP contribution in [0.2, 0.25) is 5.02 Å². The molecule has 0 bridgehead atoms. The Bertz CT molecular complexity index is 617. The fourth-order valence-electron chi connectivity index (χ4n) is 2.13. The molecule has 0 aliphatic rings. The van der Waals surface area contributed by atoms with Crippen molar-refractivity contribution in [2.45, 2.75) is 19.3 Å². The van der Waals surface area contributed by atoms with Crippen LogP contribution in [0.25, 0.3) is 0 Å². The molecule has 0 aliphatic carbocycles. The van der Waals surface area contributed by atoms with Crippen molar-refractivity contribution in [2.75, 3.05) is 11.9 Å². The normalized spacial score (nSPS) is 11.9. The van der Waals surface area contributed by atoms with E-state index in [0.29, 0.717) is 23.2 Å². The summed E-state index contributed by atoms with van der Waals surface area (Å²) >= 11 is 6.05. The van der Waals surface area contributed by atoms with Crippen LogP contribution in [0.5, 0.6) is 0 Å². The quantitative estimate of drug-likeness (QED) is 0.613. The van der Waals surface area contributed by atoms with E-state index in [1.807, 2.05) is 18.2 Å². The molecule has 0 aliphatic heterocycles. The van der Waals surface area contributed by atoms with E-state index in [-0.39, 0.29) is 5.69 Å². The minimum absolute atomic E-state index is 0.0398. The number of halogens is 1. The van der Waals surface area contributed by atoms with Crippen LogP contribution in [0.15, 0.2) is 48.5 Å². The zero-order chi connectivity index (χ0) is 15.2. The van der Waals surface area contributed by atoms with E-state index >= 15 is 0 Å². The highest BCUT2D eigenvalue weighted by Crippen LogP contribution is 2.27. The van der Waals surface area contributed by atoms with Gasteiger partial charge in [0.2, 0.25) is 0 Å². The Balaban J connectivity index is 1.94. The number of non-ortho nitro benzene ring substituents is 1. The average molecular weight is 305 g/mol. The second kappa shape index (κ2) is 7.09. The third-order valence-corrected chi connectivity index (χ3v) is 3.75. The lowest BCUT2D eigenvalue weighted by atomic mass is 9.98. The molecule has 2 aromatic carbocycles. The van der Waals surface area contributed by atoms with Crippen LogP contribution >= 0.6 is 11.6 Å². The second-order valence-electron chi connectivity index (χ2n) is 4.95. The summed E-state index contributed by atoms with van der Waals surface area (Å²) < 4.78 is 0. The van der Waals surface area contributed by atoms with Gasteiger partial charge in [-0.15, -0.1) is 0 Å². The molecule has 1 atom stereocenters. The molecule has 0 saturated carbocycles. The Morgan fingerprint density at radius 3 is 2.62 bits per heavy atom. The van der Waals surface area contributed by atoms with Gasteiger partial charge in [0.05, 0.1) is 15.6 Å². The lowest BCUT2D eigenvalue weighted by Gasteiger charge is -2.13. The van der Waals surface area contributed by atoms with Gasteiger partial charge in [0.15, 0.2) is 0 Å². The molecule has 0 radical (unpaired) electrons. The zero-order valence-corrected chi connectivity index (χ0v) is 12.5. The molecule has 2 rings (SSSR count). The highest BCUT2D eigenvalue weighted by atomic mass is 35.5. The molecule has 0 heterocycles. The molecule has 0 amide bonds. The van der Waals surface area contributed by atoms with Gasteiger partial charge >= 0.3 is 0 Å². The summed E-state index contributed by atoms with van der Waals surface area (Å²) in [6.07, 6.45) is 0.920. The molecule has 5 heteroatoms. The molecule has 0 saturated heterocycles. The number of nitro groups is 1. The van der Waals surface area contributed by atoms with Gasteiger partial charge < -0.3 is 5.32 Å². The second-order valence-corrected chi connectivity index (χ2v) is 5.36. The summed E-state index contributed by atoms with van der Waals surface area (Å²) in [6.45, 7) is 2.86. The Hall–Kier alpha value is -2.07. The first-order valence-electron chi connectivity index (χ1n) is 6.80. The van der Waals surface area contributed by atoms with Gasteiger partial charge in [0.25, 0.3) is 5.69 Å². The largest absolute Gasteiger partial charge is 0.384 e. The van der Waals surface area contributed by atoms with Gasteiger partial charge in [-0.25, -0.2) is 0 Å². The zero-order valence-electron chi connectivity index (χ0n) is 11.8. The molecule has 1 unspecified atom stereocenters. The highest BCUT2D eigenvalue weighted by Gasteiger charge is 2.10. The summed E-state index contributed by atoms with van der Waals surface area (Å²) in [5.74, 6) is 0.413. The summed E-state index contributed by atoms with van der Waals surface area (Å²) in [6, 6.07) is 14.7. The fraction of sp³-hybridized carbons (Fsp3) is 0.250. The van der Waals surface area contributed by atoms with Crippen molar-refractivity contribution in [3.63, 3.8) is 0 Å². The first-order valence-corrected chi connectivity index (χ1v) is 7.18. The number of hydrogen-bond acceptors (Lipinski definition) is 3. The van der Waals surface area contributed by atoms with Crippen LogP contribution < -0.4 is 5.32 Å². The van der Waals surface area contributed by atoms with E-state index in [4.69, 9.17) is 11.6 Å². The van der Waals surface area contributed by atoms with Crippen molar-refractivity contribution in [3.05, 3.63) is 69.2 Å². The number of nitrogens with one attached hydrogen (secondary N) is 1. The van der Waals surface area contributed by atoms with Crippen molar-refractivity contribution in [1.82, 2.24) is 0 Å². The Morgan fingerprint density at radius 1 is 1.24 bits per heavy atom. The van der Waals surface area contributed by atoms with Crippen LogP contribution in [0, 0.1) is 10.1 Å². The van der Waals surface area contributed by atoms with Crippen LogP contribution in [0.1, 0.15) is 24.8 Å². The molecule has 2 aromatic rings. The molecule has 4 nitrogen and oxygen atoms in total. The number of anilines is 1. The van der Waals surface area contributed by atoms with E-state index in [0.717, 1.165) is 6.42 Å². The maximum atomic E-state index is 10.8. The molecule has 21 heavy (non-hydrogen) atoms. The van der Waals surface area contributed by atoms with E-state index < -0.39 is 4.92 Å². The number of nitro benzene ring substituents is 1. The van der Waals surface area contributed by atoms with E-state index in [2.05, 4.69) is 24.4 Å². The first-order chi connectivity index (χ1) is 10.1. The Kier molecular flexibility index (Phi) is 5.17. The molecule has 1 N–H and O–H groups in total. The SMILES string of the molecule is CC(CCNc1cc([N+](=O)[O-])ccc1Cl)c1ccccc1. The van der Waals surface area contributed by atoms with Crippen LogP contribution in [0.4, 0.5) is 11.4 Å². The van der Waals surface area contributed by atoms with Gasteiger partial charge in [-0.05, 0) is 24.0 Å². The molecular formula is C16H17ClN2O2. The molecular weight excluding hydrogens is 288 g/mol. The van der Waals surface area contributed by atoms with Crippen molar-refractivity contribution in [1.29, 1.82) is 0 Å². The third kappa shape index (κ3) is 4.20. The minimum atomic E-state index is -0.423. The van der Waals surface area contributed by atoms with Gasteiger partial charge in [0, 0.05) is 18.7 Å². The van der Waals surface area contributed by atoms with Crippen LogP contribution in [-0.2, 0) is 0 Å². The molecule has 110 valence electrons. The number of hydrogen-bond donors (Lipinski definition) is 1. The van der Waals surface area contributed by atoms with Gasteiger partial charge in [-0.2, -0.15) is 0 Å². The van der Waals surface area contributed by atoms with E-state index in [9.17, 15) is 10.1 Å². The summed E-state index contributed by atoms with van der Waals surface area (Å²) in [5.41, 5.74) is 1.92. The first kappa shape index (κ1) is 15.3. The maximum absolute atomic E-state index is 10.8. The van der Waals surface area contributed by atoms with Crippen molar-refractivity contribution in [2.24, 2.45) is 0 Å². The van der Waals surface area contributed by atoms with Crippen LogP contribution in [0.3, 0.4) is 0 Å². The molecule has 0 fully saturated rings.